The lowest BCUT2D eigenvalue weighted by atomic mass is 9.95. The third-order valence-corrected chi connectivity index (χ3v) is 7.22. The predicted octanol–water partition coefficient (Wildman–Crippen LogP) is 4.88. The second-order valence-corrected chi connectivity index (χ2v) is 10.5. The Morgan fingerprint density at radius 3 is 2.67 bits per heavy atom. The van der Waals surface area contributed by atoms with Gasteiger partial charge in [0.2, 0.25) is 0 Å². The van der Waals surface area contributed by atoms with Gasteiger partial charge in [-0.25, -0.2) is 10.2 Å². The Hall–Kier alpha value is -4.96. The maximum Gasteiger partial charge on any atom is 0.338 e. The van der Waals surface area contributed by atoms with Crippen LogP contribution in [0.25, 0.3) is 10.9 Å². The van der Waals surface area contributed by atoms with E-state index in [2.05, 4.69) is 63.0 Å². The molecule has 9 nitrogen and oxygen atoms in total. The van der Waals surface area contributed by atoms with Gasteiger partial charge in [0, 0.05) is 40.5 Å². The van der Waals surface area contributed by atoms with Crippen molar-refractivity contribution in [2.45, 2.75) is 33.4 Å². The number of hydrogen-bond acceptors (Lipinski definition) is 6. The van der Waals surface area contributed by atoms with Crippen LogP contribution in [0.5, 0.6) is 5.75 Å². The van der Waals surface area contributed by atoms with Gasteiger partial charge in [0.15, 0.2) is 11.7 Å². The lowest BCUT2D eigenvalue weighted by Gasteiger charge is -2.30. The van der Waals surface area contributed by atoms with Crippen molar-refractivity contribution in [1.29, 1.82) is 0 Å². The summed E-state index contributed by atoms with van der Waals surface area (Å²) in [5, 5.41) is 11.7. The molecular weight excluding hydrogens is 562 g/mol. The molecule has 5 rings (SSSR count). The number of aryl methyl sites for hydroxylation is 1. The van der Waals surface area contributed by atoms with Gasteiger partial charge in [-0.15, -0.1) is 0 Å². The van der Waals surface area contributed by atoms with Gasteiger partial charge in [-0.2, -0.15) is 5.10 Å². The number of aromatic nitrogens is 1. The number of rotatable bonds is 10. The predicted molar refractivity (Wildman–Crippen MR) is 171 cm³/mol. The molecule has 0 bridgehead atoms. The van der Waals surface area contributed by atoms with Gasteiger partial charge in [0.1, 0.15) is 5.75 Å². The summed E-state index contributed by atoms with van der Waals surface area (Å²) in [5.74, 6) is -0.465. The highest BCUT2D eigenvalue weighted by molar-refractivity contribution is 7.80. The fourth-order valence-corrected chi connectivity index (χ4v) is 5.39. The summed E-state index contributed by atoms with van der Waals surface area (Å²) >= 11 is 5.34. The molecule has 1 amide bonds. The third kappa shape index (κ3) is 6.92. The van der Waals surface area contributed by atoms with Crippen molar-refractivity contribution in [1.82, 2.24) is 20.6 Å². The average molecular weight is 596 g/mol. The average Bonchev–Trinajstić information content (AvgIpc) is 3.33. The fraction of sp³-hybridized carbons (Fsp3) is 0.212. The Kier molecular flexibility index (Phi) is 9.17. The Morgan fingerprint density at radius 1 is 1.07 bits per heavy atom. The molecule has 1 aliphatic rings. The zero-order chi connectivity index (χ0) is 30.3. The highest BCUT2D eigenvalue weighted by Crippen LogP contribution is 2.33. The minimum atomic E-state index is -0.609. The number of esters is 1. The minimum absolute atomic E-state index is 0.235. The summed E-state index contributed by atoms with van der Waals surface area (Å²) in [6.07, 6.45) is 3.67. The molecule has 43 heavy (non-hydrogen) atoms. The highest BCUT2D eigenvalue weighted by Gasteiger charge is 2.32. The van der Waals surface area contributed by atoms with Crippen LogP contribution >= 0.6 is 12.2 Å². The molecule has 0 saturated carbocycles. The van der Waals surface area contributed by atoms with E-state index in [9.17, 15) is 9.59 Å². The van der Waals surface area contributed by atoms with Gasteiger partial charge in [-0.3, -0.25) is 4.79 Å². The van der Waals surface area contributed by atoms with E-state index >= 15 is 0 Å². The van der Waals surface area contributed by atoms with Gasteiger partial charge in [0.25, 0.3) is 5.91 Å². The second kappa shape index (κ2) is 13.3. The monoisotopic (exact) mass is 595 g/mol. The molecule has 1 aromatic heterocycles. The van der Waals surface area contributed by atoms with Crippen LogP contribution in [0.3, 0.4) is 0 Å². The quantitative estimate of drug-likeness (QED) is 0.104. The Labute approximate surface area is 255 Å². The Balaban J connectivity index is 1.27. The van der Waals surface area contributed by atoms with Crippen LogP contribution in [0, 0.1) is 6.92 Å². The van der Waals surface area contributed by atoms with Gasteiger partial charge in [-0.05, 0) is 50.7 Å². The molecule has 3 N–H and O–H groups in total. The van der Waals surface area contributed by atoms with Crippen LogP contribution in [0.15, 0.2) is 95.4 Å². The maximum absolute atomic E-state index is 12.8. The topological polar surface area (TPSA) is 106 Å². The number of allylic oxidation sites excluding steroid dienone is 1. The fourth-order valence-electron chi connectivity index (χ4n) is 5.12. The van der Waals surface area contributed by atoms with Crippen LogP contribution in [0.2, 0.25) is 0 Å². The summed E-state index contributed by atoms with van der Waals surface area (Å²) in [7, 11) is 0. The standard InChI is InChI=1S/C33H33N5O4S/c1-4-41-32(40)30-22(3)35-33(43)36-31(30)26-13-6-8-15-28(26)42-20-29(39)37-34-17-24-19-38(27-14-7-5-12-25(24)27)18-23-11-9-10-21(2)16-23/h5-17,19,31H,4,18,20H2,1-3H3,(H,37,39)(H2,35,36,43)/t31-/m0/s1. The van der Waals surface area contributed by atoms with E-state index in [1.807, 2.05) is 36.5 Å². The molecular formula is C33H33N5O4S. The summed E-state index contributed by atoms with van der Waals surface area (Å²) in [6, 6.07) is 23.1. The third-order valence-electron chi connectivity index (χ3n) is 7.00. The van der Waals surface area contributed by atoms with Crippen molar-refractivity contribution in [2.24, 2.45) is 5.10 Å². The number of carbonyl (C=O) groups excluding carboxylic acids is 2. The second-order valence-electron chi connectivity index (χ2n) is 10.1. The van der Waals surface area contributed by atoms with Crippen LogP contribution in [-0.2, 0) is 20.9 Å². The van der Waals surface area contributed by atoms with Crippen molar-refractivity contribution < 1.29 is 19.1 Å². The molecule has 1 aliphatic heterocycles. The largest absolute Gasteiger partial charge is 0.483 e. The van der Waals surface area contributed by atoms with E-state index < -0.39 is 17.9 Å². The normalized spacial score (nSPS) is 14.9. The number of hydrazone groups is 1. The number of amides is 1. The van der Waals surface area contributed by atoms with Crippen LogP contribution in [-0.4, -0.2) is 41.0 Å². The molecule has 220 valence electrons. The summed E-state index contributed by atoms with van der Waals surface area (Å²) in [5.41, 5.74) is 8.56. The number of nitrogens with one attached hydrogen (secondary N) is 3. The van der Waals surface area contributed by atoms with E-state index in [1.54, 1.807) is 32.2 Å². The van der Waals surface area contributed by atoms with Gasteiger partial charge in [-0.1, -0.05) is 66.2 Å². The number of carbonyl (C=O) groups is 2. The number of hydrogen-bond donors (Lipinski definition) is 3. The molecule has 0 radical (unpaired) electrons. The zero-order valence-corrected chi connectivity index (χ0v) is 25.0. The lowest BCUT2D eigenvalue weighted by molar-refractivity contribution is -0.139. The number of nitrogens with zero attached hydrogens (tertiary/aromatic N) is 2. The maximum atomic E-state index is 12.8. The molecule has 1 atom stereocenters. The minimum Gasteiger partial charge on any atom is -0.483 e. The summed E-state index contributed by atoms with van der Waals surface area (Å²) in [4.78, 5) is 25.5. The zero-order valence-electron chi connectivity index (χ0n) is 24.2. The van der Waals surface area contributed by atoms with E-state index in [4.69, 9.17) is 21.7 Å². The molecule has 0 saturated heterocycles. The SMILES string of the molecule is CCOC(=O)C1=C(C)NC(=S)N[C@H]1c1ccccc1OCC(=O)NN=Cc1cn(Cc2cccc(C)c2)c2ccccc12. The molecule has 0 unspecified atom stereocenters. The van der Waals surface area contributed by atoms with Crippen LogP contribution < -0.4 is 20.8 Å². The van der Waals surface area contributed by atoms with E-state index in [1.165, 1.54) is 11.1 Å². The van der Waals surface area contributed by atoms with E-state index in [0.29, 0.717) is 27.7 Å². The molecule has 10 heteroatoms. The first kappa shape index (κ1) is 29.5. The first-order valence-electron chi connectivity index (χ1n) is 14.0. The van der Waals surface area contributed by atoms with Gasteiger partial charge >= 0.3 is 5.97 Å². The van der Waals surface area contributed by atoms with Crippen LogP contribution in [0.4, 0.5) is 0 Å². The molecule has 3 aromatic carbocycles. The van der Waals surface area contributed by atoms with Crippen LogP contribution in [0.1, 0.15) is 42.1 Å². The Morgan fingerprint density at radius 2 is 1.86 bits per heavy atom. The van der Waals surface area contributed by atoms with Crippen molar-refractivity contribution >= 4 is 46.3 Å². The summed E-state index contributed by atoms with van der Waals surface area (Å²) in [6.45, 7) is 6.27. The van der Waals surface area contributed by atoms with E-state index in [0.717, 1.165) is 23.0 Å². The lowest BCUT2D eigenvalue weighted by Crippen LogP contribution is -2.45. The van der Waals surface area contributed by atoms with Crippen molar-refractivity contribution in [2.75, 3.05) is 13.2 Å². The van der Waals surface area contributed by atoms with E-state index in [-0.39, 0.29) is 13.2 Å². The molecule has 0 spiro atoms. The number of benzene rings is 3. The molecule has 4 aromatic rings. The molecule has 0 aliphatic carbocycles. The smallest absolute Gasteiger partial charge is 0.338 e. The van der Waals surface area contributed by atoms with Crippen molar-refractivity contribution in [3.8, 4) is 5.75 Å². The Bertz CT molecular complexity index is 1740. The number of ether oxygens (including phenoxy) is 2. The summed E-state index contributed by atoms with van der Waals surface area (Å²) < 4.78 is 13.3. The highest BCUT2D eigenvalue weighted by atomic mass is 32.1. The molecule has 0 fully saturated rings. The first-order chi connectivity index (χ1) is 20.8. The van der Waals surface area contributed by atoms with Crippen molar-refractivity contribution in [3.05, 3.63) is 113 Å². The molecule has 2 heterocycles. The van der Waals surface area contributed by atoms with Gasteiger partial charge < -0.3 is 24.7 Å². The first-order valence-corrected chi connectivity index (χ1v) is 14.4. The number of fused-ring (bicyclic) bond motifs is 1. The van der Waals surface area contributed by atoms with Crippen molar-refractivity contribution in [3.63, 3.8) is 0 Å². The number of para-hydroxylation sites is 2. The number of thiocarbonyl (C=S) groups is 1. The van der Waals surface area contributed by atoms with Gasteiger partial charge in [0.05, 0.1) is 24.4 Å².